The fourth-order valence-corrected chi connectivity index (χ4v) is 4.57. The first kappa shape index (κ1) is 16.6. The van der Waals surface area contributed by atoms with Crippen LogP contribution in [0.4, 0.5) is 5.82 Å². The monoisotopic (exact) mass is 335 g/mol. The van der Waals surface area contributed by atoms with Gasteiger partial charge >= 0.3 is 0 Å². The Morgan fingerprint density at radius 2 is 1.96 bits per heavy atom. The number of anilines is 1. The van der Waals surface area contributed by atoms with E-state index in [2.05, 4.69) is 21.8 Å². The highest BCUT2D eigenvalue weighted by molar-refractivity contribution is 7.19. The van der Waals surface area contributed by atoms with Gasteiger partial charge in [0.15, 0.2) is 0 Å². The third kappa shape index (κ3) is 3.49. The van der Waals surface area contributed by atoms with E-state index in [1.165, 1.54) is 28.7 Å². The van der Waals surface area contributed by atoms with Gasteiger partial charge in [0.1, 0.15) is 17.0 Å². The smallest absolute Gasteiger partial charge is 0.141 e. The Kier molecular flexibility index (Phi) is 5.46. The molecular formula is C17H25N3O2S. The van der Waals surface area contributed by atoms with Crippen molar-refractivity contribution in [2.75, 3.05) is 45.4 Å². The fraction of sp³-hybridized carbons (Fsp3) is 0.647. The van der Waals surface area contributed by atoms with E-state index in [-0.39, 0.29) is 0 Å². The number of rotatable bonds is 7. The van der Waals surface area contributed by atoms with Crippen LogP contribution in [-0.4, -0.2) is 50.5 Å². The van der Waals surface area contributed by atoms with Crippen molar-refractivity contribution in [2.45, 2.75) is 26.2 Å². The van der Waals surface area contributed by atoms with Gasteiger partial charge in [-0.3, -0.25) is 0 Å². The lowest BCUT2D eigenvalue weighted by Gasteiger charge is -2.25. The molecule has 6 heteroatoms. The van der Waals surface area contributed by atoms with Gasteiger partial charge in [-0.25, -0.2) is 9.97 Å². The van der Waals surface area contributed by atoms with Crippen LogP contribution >= 0.6 is 11.3 Å². The van der Waals surface area contributed by atoms with E-state index in [0.29, 0.717) is 13.2 Å². The number of hydrogen-bond acceptors (Lipinski definition) is 6. The third-order valence-electron chi connectivity index (χ3n) is 4.50. The average Bonchev–Trinajstić information content (AvgIpc) is 2.92. The maximum atomic E-state index is 5.27. The van der Waals surface area contributed by atoms with Crippen molar-refractivity contribution < 1.29 is 9.47 Å². The van der Waals surface area contributed by atoms with Crippen molar-refractivity contribution in [1.29, 1.82) is 0 Å². The summed E-state index contributed by atoms with van der Waals surface area (Å²) in [7, 11) is 3.47. The molecular weight excluding hydrogens is 310 g/mol. The van der Waals surface area contributed by atoms with E-state index < -0.39 is 0 Å². The molecule has 0 aliphatic heterocycles. The molecule has 0 saturated carbocycles. The Morgan fingerprint density at radius 1 is 1.22 bits per heavy atom. The van der Waals surface area contributed by atoms with Crippen LogP contribution in [0.3, 0.4) is 0 Å². The Balaban J connectivity index is 2.01. The molecule has 0 bridgehead atoms. The minimum Gasteiger partial charge on any atom is -0.383 e. The van der Waals surface area contributed by atoms with Crippen LogP contribution in [0.2, 0.25) is 0 Å². The first-order valence-corrected chi connectivity index (χ1v) is 9.04. The summed E-state index contributed by atoms with van der Waals surface area (Å²) < 4.78 is 10.5. The highest BCUT2D eigenvalue weighted by Crippen LogP contribution is 2.40. The van der Waals surface area contributed by atoms with Gasteiger partial charge in [-0.15, -0.1) is 11.3 Å². The largest absolute Gasteiger partial charge is 0.383 e. The summed E-state index contributed by atoms with van der Waals surface area (Å²) in [6, 6.07) is 0. The molecule has 0 N–H and O–H groups in total. The minimum atomic E-state index is 0.679. The lowest BCUT2D eigenvalue weighted by Crippen LogP contribution is -2.31. The van der Waals surface area contributed by atoms with Gasteiger partial charge in [-0.1, -0.05) is 6.92 Å². The molecule has 0 spiro atoms. The maximum absolute atomic E-state index is 5.27. The van der Waals surface area contributed by atoms with Gasteiger partial charge in [0.05, 0.1) is 18.6 Å². The van der Waals surface area contributed by atoms with Gasteiger partial charge in [0, 0.05) is 32.2 Å². The molecule has 0 aromatic carbocycles. The summed E-state index contributed by atoms with van der Waals surface area (Å²) in [5, 5.41) is 1.26. The summed E-state index contributed by atoms with van der Waals surface area (Å²) >= 11 is 1.84. The van der Waals surface area contributed by atoms with Crippen LogP contribution in [-0.2, 0) is 22.3 Å². The van der Waals surface area contributed by atoms with Gasteiger partial charge in [-0.05, 0) is 30.7 Å². The number of nitrogens with zero attached hydrogens (tertiary/aromatic N) is 3. The van der Waals surface area contributed by atoms with Crippen LogP contribution in [0.25, 0.3) is 10.2 Å². The number of thiophene rings is 1. The number of aromatic nitrogens is 2. The lowest BCUT2D eigenvalue weighted by atomic mass is 9.89. The van der Waals surface area contributed by atoms with Crippen LogP contribution in [0, 0.1) is 5.92 Å². The van der Waals surface area contributed by atoms with Crippen LogP contribution in [0.1, 0.15) is 23.8 Å². The van der Waals surface area contributed by atoms with Gasteiger partial charge < -0.3 is 14.4 Å². The molecule has 1 atom stereocenters. The van der Waals surface area contributed by atoms with Crippen LogP contribution in [0.15, 0.2) is 6.33 Å². The normalized spacial score (nSPS) is 17.4. The van der Waals surface area contributed by atoms with Crippen molar-refractivity contribution >= 4 is 27.4 Å². The van der Waals surface area contributed by atoms with Gasteiger partial charge in [0.25, 0.3) is 0 Å². The zero-order valence-electron chi connectivity index (χ0n) is 14.2. The molecule has 126 valence electrons. The standard InChI is InChI=1S/C17H25N3O2S/c1-12-4-5-13-14(10-12)23-17-15(13)16(18-11-19-17)20(6-8-21-2)7-9-22-3/h11-12H,4-10H2,1-3H3/t12-/m1/s1. The van der Waals surface area contributed by atoms with E-state index in [1.807, 2.05) is 11.3 Å². The Hall–Kier alpha value is -1.24. The maximum Gasteiger partial charge on any atom is 0.141 e. The van der Waals surface area contributed by atoms with E-state index >= 15 is 0 Å². The Morgan fingerprint density at radius 3 is 2.65 bits per heavy atom. The van der Waals surface area contributed by atoms with E-state index in [1.54, 1.807) is 20.5 Å². The molecule has 0 fully saturated rings. The molecule has 0 amide bonds. The lowest BCUT2D eigenvalue weighted by molar-refractivity contribution is 0.190. The highest BCUT2D eigenvalue weighted by atomic mass is 32.1. The molecule has 0 saturated heterocycles. The van der Waals surface area contributed by atoms with Crippen molar-refractivity contribution in [2.24, 2.45) is 5.92 Å². The molecule has 0 unspecified atom stereocenters. The summed E-state index contributed by atoms with van der Waals surface area (Å²) in [5.74, 6) is 1.81. The second-order valence-electron chi connectivity index (χ2n) is 6.20. The Bertz CT molecular complexity index is 651. The first-order valence-electron chi connectivity index (χ1n) is 8.22. The Labute approximate surface area is 141 Å². The zero-order chi connectivity index (χ0) is 16.2. The predicted molar refractivity (Wildman–Crippen MR) is 94.6 cm³/mol. The second-order valence-corrected chi connectivity index (χ2v) is 7.29. The fourth-order valence-electron chi connectivity index (χ4n) is 3.22. The van der Waals surface area contributed by atoms with Crippen molar-refractivity contribution in [3.63, 3.8) is 0 Å². The molecule has 2 aromatic heterocycles. The summed E-state index contributed by atoms with van der Waals surface area (Å²) in [5.41, 5.74) is 1.47. The molecule has 2 heterocycles. The molecule has 2 aromatic rings. The summed E-state index contributed by atoms with van der Waals surface area (Å²) in [6.45, 7) is 5.32. The molecule has 5 nitrogen and oxygen atoms in total. The van der Waals surface area contributed by atoms with Gasteiger partial charge in [-0.2, -0.15) is 0 Å². The summed E-state index contributed by atoms with van der Waals surface area (Å²) in [4.78, 5) is 14.0. The molecule has 23 heavy (non-hydrogen) atoms. The molecule has 0 radical (unpaired) electrons. The van der Waals surface area contributed by atoms with Crippen molar-refractivity contribution in [3.05, 3.63) is 16.8 Å². The highest BCUT2D eigenvalue weighted by Gasteiger charge is 2.24. The molecule has 1 aliphatic carbocycles. The van der Waals surface area contributed by atoms with Gasteiger partial charge in [0.2, 0.25) is 0 Å². The van der Waals surface area contributed by atoms with E-state index in [4.69, 9.17) is 9.47 Å². The quantitative estimate of drug-likeness (QED) is 0.778. The van der Waals surface area contributed by atoms with E-state index in [9.17, 15) is 0 Å². The molecule has 3 rings (SSSR count). The third-order valence-corrected chi connectivity index (χ3v) is 5.66. The number of ether oxygens (including phenoxy) is 2. The molecule has 1 aliphatic rings. The van der Waals surface area contributed by atoms with E-state index in [0.717, 1.165) is 36.1 Å². The average molecular weight is 335 g/mol. The minimum absolute atomic E-state index is 0.679. The van der Waals surface area contributed by atoms with Crippen LogP contribution in [0.5, 0.6) is 0 Å². The SMILES string of the molecule is COCCN(CCOC)c1ncnc2sc3c(c12)CC[C@@H](C)C3. The van der Waals surface area contributed by atoms with Crippen molar-refractivity contribution in [3.8, 4) is 0 Å². The number of aryl methyl sites for hydroxylation is 1. The van der Waals surface area contributed by atoms with Crippen molar-refractivity contribution in [1.82, 2.24) is 9.97 Å². The second kappa shape index (κ2) is 7.55. The number of methoxy groups -OCH3 is 2. The van der Waals surface area contributed by atoms with Crippen LogP contribution < -0.4 is 4.90 Å². The zero-order valence-corrected chi connectivity index (χ0v) is 15.0. The predicted octanol–water partition coefficient (Wildman–Crippen LogP) is 2.92. The first-order chi connectivity index (χ1) is 11.2. The number of hydrogen-bond donors (Lipinski definition) is 0. The number of fused-ring (bicyclic) bond motifs is 3. The topological polar surface area (TPSA) is 47.5 Å². The summed E-state index contributed by atoms with van der Waals surface area (Å²) in [6.07, 6.45) is 5.25.